The SMILES string of the molecule is CC(O)C1NC(=O)C(N)CC(O)C(O)NC(=O)C2C(O)C(C)CN2C(=O)C(C(O)CC(N)=O)NC(=O)C(C(O)Cc2ccc(OS(=O)(=O)O)c(O)c2)NC(=O)C2CC(O)CN2C1=O. The van der Waals surface area contributed by atoms with Gasteiger partial charge in [0.25, 0.3) is 0 Å². The molecule has 352 valence electrons. The standard InChI is InChI=1S/C35H52N8O19S/c1-12-10-43-27(28(12)51)33(56)41-31(54)21(49)8-16(36)29(52)38-24(13(2)44)34(57)42-11-15(45)7-17(42)30(53)39-25(32(55)40-26(35(43)58)20(48)9-23(37)50)19(47)6-14-3-4-22(18(46)5-14)62-63(59,60)61/h3-5,12-13,15-17,19-21,24-28,31,44-49,51,54H,6-11,36H2,1-2H3,(H2,37,50)(H,38,52)(H,39,53)(H,40,55)(H,41,56)(H,59,60,61). The number of nitrogens with two attached hydrogens (primary N) is 2. The number of hydrogen-bond donors (Lipinski definition) is 15. The first-order valence-electron chi connectivity index (χ1n) is 19.3. The van der Waals surface area contributed by atoms with Gasteiger partial charge in [-0.15, -0.1) is 0 Å². The lowest BCUT2D eigenvalue weighted by atomic mass is 9.98. The van der Waals surface area contributed by atoms with Gasteiger partial charge in [0.05, 0.1) is 43.0 Å². The number of carbonyl (C=O) groups excluding carboxylic acids is 7. The number of nitrogens with one attached hydrogen (secondary N) is 4. The summed E-state index contributed by atoms with van der Waals surface area (Å²) in [5, 5.41) is 95.1. The van der Waals surface area contributed by atoms with E-state index in [2.05, 4.69) is 20.1 Å². The molecule has 0 spiro atoms. The first-order chi connectivity index (χ1) is 29.2. The van der Waals surface area contributed by atoms with Gasteiger partial charge >= 0.3 is 10.4 Å². The van der Waals surface area contributed by atoms with Crippen LogP contribution in [0.5, 0.6) is 11.5 Å². The van der Waals surface area contributed by atoms with Crippen molar-refractivity contribution in [2.45, 2.75) is 119 Å². The topological polar surface area (TPSA) is 452 Å². The van der Waals surface area contributed by atoms with E-state index in [4.69, 9.17) is 16.0 Å². The van der Waals surface area contributed by atoms with Crippen LogP contribution in [0.15, 0.2) is 18.2 Å². The average molecular weight is 921 g/mol. The van der Waals surface area contributed by atoms with Crippen LogP contribution in [0, 0.1) is 5.92 Å². The highest BCUT2D eigenvalue weighted by Gasteiger charge is 2.50. The molecule has 3 aliphatic rings. The van der Waals surface area contributed by atoms with Crippen LogP contribution < -0.4 is 36.9 Å². The van der Waals surface area contributed by atoms with Gasteiger partial charge < -0.3 is 87.6 Å². The van der Waals surface area contributed by atoms with Crippen LogP contribution in [0.3, 0.4) is 0 Å². The van der Waals surface area contributed by atoms with Crippen molar-refractivity contribution in [1.82, 2.24) is 31.1 Å². The predicted molar refractivity (Wildman–Crippen MR) is 207 cm³/mol. The van der Waals surface area contributed by atoms with Gasteiger partial charge in [-0.3, -0.25) is 38.1 Å². The van der Waals surface area contributed by atoms with E-state index in [9.17, 15) is 82.8 Å². The number of nitrogens with zero attached hydrogens (tertiary/aromatic N) is 2. The number of fused-ring (bicyclic) bond motifs is 2. The van der Waals surface area contributed by atoms with Crippen molar-refractivity contribution >= 4 is 51.7 Å². The van der Waals surface area contributed by atoms with Crippen molar-refractivity contribution in [3.05, 3.63) is 23.8 Å². The number of aromatic hydroxyl groups is 1. The van der Waals surface area contributed by atoms with Gasteiger partial charge in [0.2, 0.25) is 41.4 Å². The zero-order valence-electron chi connectivity index (χ0n) is 33.6. The van der Waals surface area contributed by atoms with Crippen LogP contribution in [-0.4, -0.2) is 197 Å². The summed E-state index contributed by atoms with van der Waals surface area (Å²) < 4.78 is 35.6. The second-order valence-corrected chi connectivity index (χ2v) is 16.7. The minimum Gasteiger partial charge on any atom is -0.504 e. The maximum Gasteiger partial charge on any atom is 0.446 e. The monoisotopic (exact) mass is 920 g/mol. The third-order valence-electron chi connectivity index (χ3n) is 10.7. The molecular weight excluding hydrogens is 868 g/mol. The molecule has 28 heteroatoms. The highest BCUT2D eigenvalue weighted by molar-refractivity contribution is 7.81. The summed E-state index contributed by atoms with van der Waals surface area (Å²) in [7, 11) is -5.11. The van der Waals surface area contributed by atoms with E-state index in [1.165, 1.54) is 6.92 Å². The zero-order chi connectivity index (χ0) is 47.4. The minimum absolute atomic E-state index is 0.0866. The average Bonchev–Trinajstić information content (AvgIpc) is 3.72. The smallest absolute Gasteiger partial charge is 0.446 e. The Kier molecular flexibility index (Phi) is 16.4. The van der Waals surface area contributed by atoms with E-state index < -0.39 is 187 Å². The van der Waals surface area contributed by atoms with Crippen molar-refractivity contribution in [3.63, 3.8) is 0 Å². The summed E-state index contributed by atoms with van der Waals surface area (Å²) >= 11 is 0. The molecule has 0 bridgehead atoms. The Balaban J connectivity index is 1.84. The van der Waals surface area contributed by atoms with Gasteiger partial charge in [-0.2, -0.15) is 8.42 Å². The van der Waals surface area contributed by atoms with E-state index in [-0.39, 0.29) is 5.56 Å². The lowest BCUT2D eigenvalue weighted by molar-refractivity contribution is -0.148. The fraction of sp³-hybridized carbons (Fsp3) is 0.629. The Labute approximate surface area is 358 Å². The fourth-order valence-electron chi connectivity index (χ4n) is 7.40. The van der Waals surface area contributed by atoms with Crippen LogP contribution >= 0.6 is 0 Å². The Hall–Kier alpha value is -5.30. The van der Waals surface area contributed by atoms with E-state index in [1.807, 2.05) is 5.32 Å². The quantitative estimate of drug-likeness (QED) is 0.102. The van der Waals surface area contributed by atoms with E-state index in [1.54, 1.807) is 0 Å². The molecule has 63 heavy (non-hydrogen) atoms. The highest BCUT2D eigenvalue weighted by atomic mass is 32.3. The molecule has 3 saturated heterocycles. The normalized spacial score (nSPS) is 32.2. The Morgan fingerprint density at radius 2 is 1.44 bits per heavy atom. The summed E-state index contributed by atoms with van der Waals surface area (Å²) in [4.78, 5) is 96.6. The maximum atomic E-state index is 14.3. The van der Waals surface area contributed by atoms with Crippen molar-refractivity contribution in [2.24, 2.45) is 17.4 Å². The number of benzene rings is 1. The molecule has 3 heterocycles. The first kappa shape index (κ1) is 50.3. The third kappa shape index (κ3) is 12.5. The molecule has 4 rings (SSSR count). The molecule has 0 saturated carbocycles. The summed E-state index contributed by atoms with van der Waals surface area (Å²) in [5.41, 5.74) is 11.1. The number of rotatable bonds is 9. The molecule has 7 amide bonds. The molecule has 27 nitrogen and oxygen atoms in total. The van der Waals surface area contributed by atoms with E-state index >= 15 is 0 Å². The van der Waals surface area contributed by atoms with Gasteiger partial charge in [-0.25, -0.2) is 0 Å². The molecule has 3 fully saturated rings. The van der Waals surface area contributed by atoms with Crippen LogP contribution in [-0.2, 0) is 50.4 Å². The number of phenols is 1. The van der Waals surface area contributed by atoms with Crippen LogP contribution in [0.2, 0.25) is 0 Å². The number of primary amides is 1. The van der Waals surface area contributed by atoms with Gasteiger partial charge in [0.1, 0.15) is 36.3 Å². The zero-order valence-corrected chi connectivity index (χ0v) is 34.4. The van der Waals surface area contributed by atoms with Crippen LogP contribution in [0.1, 0.15) is 38.7 Å². The van der Waals surface area contributed by atoms with E-state index in [0.717, 1.165) is 30.0 Å². The molecule has 0 radical (unpaired) electrons. The van der Waals surface area contributed by atoms with Gasteiger partial charge in [-0.05, 0) is 24.6 Å². The number of carbonyl (C=O) groups is 7. The Bertz CT molecular complexity index is 2030. The number of hydrogen-bond acceptors (Lipinski definition) is 19. The van der Waals surface area contributed by atoms with Gasteiger partial charge in [0.15, 0.2) is 17.7 Å². The predicted octanol–water partition coefficient (Wildman–Crippen LogP) is -8.76. The van der Waals surface area contributed by atoms with Crippen LogP contribution in [0.25, 0.3) is 0 Å². The number of aliphatic hydroxyl groups excluding tert-OH is 7. The summed E-state index contributed by atoms with van der Waals surface area (Å²) in [6, 6.07) is -9.00. The first-order valence-corrected chi connectivity index (χ1v) is 20.7. The molecule has 3 aliphatic heterocycles. The molecule has 1 aromatic carbocycles. The molecule has 14 atom stereocenters. The molecule has 0 aliphatic carbocycles. The second-order valence-electron chi connectivity index (χ2n) is 15.7. The van der Waals surface area contributed by atoms with Crippen molar-refractivity contribution < 1.29 is 91.6 Å². The van der Waals surface area contributed by atoms with E-state index in [0.29, 0.717) is 4.90 Å². The third-order valence-corrected chi connectivity index (χ3v) is 11.1. The molecule has 1 aromatic rings. The van der Waals surface area contributed by atoms with Crippen molar-refractivity contribution in [2.75, 3.05) is 13.1 Å². The van der Waals surface area contributed by atoms with Gasteiger partial charge in [0, 0.05) is 38.3 Å². The molecule has 14 unspecified atom stereocenters. The van der Waals surface area contributed by atoms with Crippen molar-refractivity contribution in [3.8, 4) is 11.5 Å². The second kappa shape index (κ2) is 20.5. The Morgan fingerprint density at radius 3 is 2.03 bits per heavy atom. The molecule has 17 N–H and O–H groups in total. The lowest BCUT2D eigenvalue weighted by Gasteiger charge is -2.34. The van der Waals surface area contributed by atoms with Gasteiger partial charge in [-0.1, -0.05) is 13.0 Å². The summed E-state index contributed by atoms with van der Waals surface area (Å²) in [6.07, 6.45) is -16.4. The molecular formula is C35H52N8O19S. The van der Waals surface area contributed by atoms with Crippen molar-refractivity contribution in [1.29, 1.82) is 0 Å². The molecule has 0 aromatic heterocycles. The summed E-state index contributed by atoms with van der Waals surface area (Å²) in [5.74, 6) is -11.5. The summed E-state index contributed by atoms with van der Waals surface area (Å²) in [6.45, 7) is 1.43. The minimum atomic E-state index is -5.11. The largest absolute Gasteiger partial charge is 0.504 e. The number of amides is 7. The fourth-order valence-corrected chi connectivity index (χ4v) is 7.76. The van der Waals surface area contributed by atoms with Crippen LogP contribution in [0.4, 0.5) is 0 Å². The lowest BCUT2D eigenvalue weighted by Crippen LogP contribution is -2.64. The maximum absolute atomic E-state index is 14.3. The highest BCUT2D eigenvalue weighted by Crippen LogP contribution is 2.30. The number of aliphatic hydroxyl groups is 7. The number of phenolic OH excluding ortho intramolecular Hbond substituents is 1. The Morgan fingerprint density at radius 1 is 0.841 bits per heavy atom.